The van der Waals surface area contributed by atoms with Crippen LogP contribution in [-0.4, -0.2) is 18.9 Å². The van der Waals surface area contributed by atoms with E-state index in [1.807, 2.05) is 25.1 Å². The first-order chi connectivity index (χ1) is 11.6. The minimum absolute atomic E-state index is 0.0879. The number of fused-ring (bicyclic) bond motifs is 2. The second-order valence-corrected chi connectivity index (χ2v) is 5.93. The third kappa shape index (κ3) is 2.32. The van der Waals surface area contributed by atoms with Crippen LogP contribution >= 0.6 is 11.6 Å². The third-order valence-corrected chi connectivity index (χ3v) is 4.30. The van der Waals surface area contributed by atoms with E-state index in [-0.39, 0.29) is 11.8 Å². The van der Waals surface area contributed by atoms with Crippen molar-refractivity contribution in [3.8, 4) is 28.5 Å². The number of aromatic nitrogens is 1. The van der Waals surface area contributed by atoms with E-state index < -0.39 is 5.82 Å². The molecule has 24 heavy (non-hydrogen) atoms. The van der Waals surface area contributed by atoms with Crippen LogP contribution in [0.2, 0.25) is 5.02 Å². The van der Waals surface area contributed by atoms with Crippen LogP contribution in [0.25, 0.3) is 22.2 Å². The summed E-state index contributed by atoms with van der Waals surface area (Å²) in [5.74, 6) is 1.26. The van der Waals surface area contributed by atoms with Crippen LogP contribution in [0.4, 0.5) is 4.39 Å². The van der Waals surface area contributed by atoms with Gasteiger partial charge in [-0.1, -0.05) is 11.6 Å². The lowest BCUT2D eigenvalue weighted by Crippen LogP contribution is -1.93. The fourth-order valence-corrected chi connectivity index (χ4v) is 2.98. The van der Waals surface area contributed by atoms with E-state index in [0.717, 1.165) is 16.5 Å². The number of methoxy groups -OCH3 is 1. The number of pyridine rings is 1. The lowest BCUT2D eigenvalue weighted by molar-refractivity contribution is 0.171. The fraction of sp³-hybridized carbons (Fsp3) is 0.167. The lowest BCUT2D eigenvalue weighted by atomic mass is 10.0. The highest BCUT2D eigenvalue weighted by Gasteiger charge is 2.21. The zero-order valence-electron chi connectivity index (χ0n) is 13.0. The maximum Gasteiger partial charge on any atom is 0.231 e. The van der Waals surface area contributed by atoms with Crippen LogP contribution in [0, 0.1) is 12.7 Å². The predicted octanol–water partition coefficient (Wildman–Crippen LogP) is 4.74. The van der Waals surface area contributed by atoms with Gasteiger partial charge in [0.25, 0.3) is 0 Å². The van der Waals surface area contributed by atoms with E-state index in [4.69, 9.17) is 25.8 Å². The first-order valence-corrected chi connectivity index (χ1v) is 7.69. The molecule has 3 aromatic rings. The van der Waals surface area contributed by atoms with Crippen LogP contribution in [-0.2, 0) is 0 Å². The molecule has 0 bridgehead atoms. The molecule has 0 aliphatic carbocycles. The van der Waals surface area contributed by atoms with E-state index in [0.29, 0.717) is 28.5 Å². The number of hydrogen-bond acceptors (Lipinski definition) is 4. The first kappa shape index (κ1) is 15.0. The first-order valence-electron chi connectivity index (χ1n) is 7.31. The molecule has 0 radical (unpaired) electrons. The number of halogens is 2. The average molecular weight is 346 g/mol. The molecule has 0 fully saturated rings. The van der Waals surface area contributed by atoms with Crippen molar-refractivity contribution in [2.24, 2.45) is 0 Å². The smallest absolute Gasteiger partial charge is 0.231 e. The molecule has 0 saturated heterocycles. The standard InChI is InChI=1S/C18H13ClFNO3/c1-9-3-14(21-15-7-13(20)12(19)6-11(9)15)10-4-16(22-2)18-17(5-10)23-8-24-18/h3-7H,8H2,1-2H3. The molecule has 2 heterocycles. The number of aryl methyl sites for hydroxylation is 1. The Hall–Kier alpha value is -2.53. The van der Waals surface area contributed by atoms with Gasteiger partial charge in [-0.25, -0.2) is 9.37 Å². The molecule has 0 atom stereocenters. The van der Waals surface area contributed by atoms with Crippen molar-refractivity contribution < 1.29 is 18.6 Å². The summed E-state index contributed by atoms with van der Waals surface area (Å²) >= 11 is 5.87. The quantitative estimate of drug-likeness (QED) is 0.672. The summed E-state index contributed by atoms with van der Waals surface area (Å²) in [4.78, 5) is 4.56. The molecule has 0 saturated carbocycles. The summed E-state index contributed by atoms with van der Waals surface area (Å²) in [6.45, 7) is 2.09. The molecule has 0 unspecified atom stereocenters. The van der Waals surface area contributed by atoms with Crippen molar-refractivity contribution in [1.29, 1.82) is 0 Å². The molecule has 0 spiro atoms. The van der Waals surface area contributed by atoms with Crippen molar-refractivity contribution in [3.63, 3.8) is 0 Å². The molecule has 0 N–H and O–H groups in total. The van der Waals surface area contributed by atoms with Gasteiger partial charge in [-0.15, -0.1) is 0 Å². The molecule has 2 aromatic carbocycles. The van der Waals surface area contributed by atoms with Gasteiger partial charge in [0.2, 0.25) is 12.5 Å². The molecule has 6 heteroatoms. The van der Waals surface area contributed by atoms with Gasteiger partial charge in [0, 0.05) is 17.0 Å². The molecular formula is C18H13ClFNO3. The van der Waals surface area contributed by atoms with Crippen molar-refractivity contribution in [2.45, 2.75) is 6.92 Å². The molecular weight excluding hydrogens is 333 g/mol. The lowest BCUT2D eigenvalue weighted by Gasteiger charge is -2.10. The largest absolute Gasteiger partial charge is 0.493 e. The van der Waals surface area contributed by atoms with E-state index in [1.165, 1.54) is 6.07 Å². The highest BCUT2D eigenvalue weighted by molar-refractivity contribution is 6.31. The molecule has 122 valence electrons. The highest BCUT2D eigenvalue weighted by Crippen LogP contribution is 2.44. The minimum Gasteiger partial charge on any atom is -0.493 e. The monoisotopic (exact) mass is 345 g/mol. The van der Waals surface area contributed by atoms with Gasteiger partial charge in [0.05, 0.1) is 23.3 Å². The Morgan fingerprint density at radius 3 is 2.79 bits per heavy atom. The van der Waals surface area contributed by atoms with Gasteiger partial charge in [-0.2, -0.15) is 0 Å². The van der Waals surface area contributed by atoms with Crippen LogP contribution in [0.3, 0.4) is 0 Å². The second-order valence-electron chi connectivity index (χ2n) is 5.52. The topological polar surface area (TPSA) is 40.6 Å². The number of nitrogens with zero attached hydrogens (tertiary/aromatic N) is 1. The summed E-state index contributed by atoms with van der Waals surface area (Å²) in [5, 5.41) is 0.905. The Bertz CT molecular complexity index is 974. The van der Waals surface area contributed by atoms with E-state index in [2.05, 4.69) is 4.98 Å². The summed E-state index contributed by atoms with van der Waals surface area (Å²) < 4.78 is 30.0. The summed E-state index contributed by atoms with van der Waals surface area (Å²) in [6, 6.07) is 8.53. The van der Waals surface area contributed by atoms with Crippen molar-refractivity contribution >= 4 is 22.5 Å². The number of rotatable bonds is 2. The van der Waals surface area contributed by atoms with E-state index in [9.17, 15) is 4.39 Å². The number of ether oxygens (including phenoxy) is 3. The highest BCUT2D eigenvalue weighted by atomic mass is 35.5. The SMILES string of the molecule is COc1cc(-c2cc(C)c3cc(Cl)c(F)cc3n2)cc2c1OCO2. The number of benzene rings is 2. The van der Waals surface area contributed by atoms with Gasteiger partial charge in [0.15, 0.2) is 11.5 Å². The van der Waals surface area contributed by atoms with Crippen molar-refractivity contribution in [1.82, 2.24) is 4.98 Å². The summed E-state index contributed by atoms with van der Waals surface area (Å²) in [6.07, 6.45) is 0. The van der Waals surface area contributed by atoms with Crippen LogP contribution in [0.1, 0.15) is 5.56 Å². The summed E-state index contributed by atoms with van der Waals surface area (Å²) in [7, 11) is 1.57. The van der Waals surface area contributed by atoms with Gasteiger partial charge in [0.1, 0.15) is 5.82 Å². The predicted molar refractivity (Wildman–Crippen MR) is 89.6 cm³/mol. The molecule has 4 rings (SSSR count). The van der Waals surface area contributed by atoms with Gasteiger partial charge in [-0.05, 0) is 36.8 Å². The van der Waals surface area contributed by atoms with Gasteiger partial charge < -0.3 is 14.2 Å². The third-order valence-electron chi connectivity index (χ3n) is 4.01. The number of hydrogen-bond donors (Lipinski definition) is 0. The Morgan fingerprint density at radius 1 is 1.17 bits per heavy atom. The van der Waals surface area contributed by atoms with Crippen molar-refractivity contribution in [2.75, 3.05) is 13.9 Å². The zero-order chi connectivity index (χ0) is 16.8. The molecule has 0 amide bonds. The maximum atomic E-state index is 13.8. The average Bonchev–Trinajstić information content (AvgIpc) is 3.04. The maximum absolute atomic E-state index is 13.8. The second kappa shape index (κ2) is 5.53. The molecule has 1 aliphatic rings. The van der Waals surface area contributed by atoms with Gasteiger partial charge >= 0.3 is 0 Å². The van der Waals surface area contributed by atoms with Crippen molar-refractivity contribution in [3.05, 3.63) is 46.7 Å². The Kier molecular flexibility index (Phi) is 3.46. The minimum atomic E-state index is -0.489. The van der Waals surface area contributed by atoms with E-state index in [1.54, 1.807) is 13.2 Å². The van der Waals surface area contributed by atoms with Crippen LogP contribution < -0.4 is 14.2 Å². The molecule has 1 aliphatic heterocycles. The fourth-order valence-electron chi connectivity index (χ4n) is 2.81. The molecule has 4 nitrogen and oxygen atoms in total. The zero-order valence-corrected chi connectivity index (χ0v) is 13.8. The van der Waals surface area contributed by atoms with Crippen LogP contribution in [0.15, 0.2) is 30.3 Å². The Morgan fingerprint density at radius 2 is 2.00 bits per heavy atom. The normalized spacial score (nSPS) is 12.7. The van der Waals surface area contributed by atoms with Crippen LogP contribution in [0.5, 0.6) is 17.2 Å². The van der Waals surface area contributed by atoms with Gasteiger partial charge in [-0.3, -0.25) is 0 Å². The summed E-state index contributed by atoms with van der Waals surface area (Å²) in [5.41, 5.74) is 2.99. The molecule has 1 aromatic heterocycles. The Balaban J connectivity index is 1.92. The Labute approximate surface area is 142 Å². The van der Waals surface area contributed by atoms with E-state index >= 15 is 0 Å².